The number of aromatic nitrogens is 3. The maximum absolute atomic E-state index is 12.2. The molecule has 1 aliphatic carbocycles. The number of rotatable bonds is 6. The van der Waals surface area contributed by atoms with E-state index in [9.17, 15) is 9.59 Å². The summed E-state index contributed by atoms with van der Waals surface area (Å²) in [6.07, 6.45) is 10.9. The second-order valence-corrected chi connectivity index (χ2v) is 14.6. The summed E-state index contributed by atoms with van der Waals surface area (Å²) in [5, 5.41) is 9.25. The molecule has 5 rings (SSSR count). The summed E-state index contributed by atoms with van der Waals surface area (Å²) >= 11 is 8.27. The predicted octanol–water partition coefficient (Wildman–Crippen LogP) is 4.83. The average molecular weight is 701 g/mol. The van der Waals surface area contributed by atoms with Crippen LogP contribution in [0.15, 0.2) is 53.7 Å². The van der Waals surface area contributed by atoms with Crippen molar-refractivity contribution in [3.05, 3.63) is 81.6 Å². The van der Waals surface area contributed by atoms with Gasteiger partial charge in [-0.1, -0.05) is 23.8 Å². The number of carbonyl (C=O) groups is 2. The number of imidazole rings is 1. The molecule has 0 bridgehead atoms. The molecule has 246 valence electrons. The van der Waals surface area contributed by atoms with Crippen molar-refractivity contribution < 1.29 is 9.59 Å². The van der Waals surface area contributed by atoms with Crippen molar-refractivity contribution in [3.8, 4) is 0 Å². The summed E-state index contributed by atoms with van der Waals surface area (Å²) in [6.45, 7) is 15.1. The topological polar surface area (TPSA) is 104 Å². The molecule has 1 unspecified atom stereocenters. The third kappa shape index (κ3) is 10.9. The van der Waals surface area contributed by atoms with Crippen LogP contribution in [0.25, 0.3) is 0 Å². The molecular weight excluding hydrogens is 650 g/mol. The number of benzene rings is 1. The summed E-state index contributed by atoms with van der Waals surface area (Å²) in [7, 11) is 1.96. The van der Waals surface area contributed by atoms with E-state index in [0.29, 0.717) is 25.2 Å². The van der Waals surface area contributed by atoms with E-state index in [0.717, 1.165) is 42.4 Å². The molecule has 0 spiro atoms. The first-order valence-corrected chi connectivity index (χ1v) is 16.9. The Labute approximate surface area is 282 Å². The van der Waals surface area contributed by atoms with Crippen LogP contribution in [0, 0.1) is 6.92 Å². The smallest absolute Gasteiger partial charge is 0.244 e. The zero-order valence-electron chi connectivity index (χ0n) is 27.7. The normalized spacial score (nSPS) is 17.8. The maximum Gasteiger partial charge on any atom is 0.244 e. The maximum atomic E-state index is 12.2. The Morgan fingerprint density at radius 3 is 2.53 bits per heavy atom. The number of thiol groups is 1. The predicted molar refractivity (Wildman–Crippen MR) is 189 cm³/mol. The first-order chi connectivity index (χ1) is 21.3. The Kier molecular flexibility index (Phi) is 13.6. The van der Waals surface area contributed by atoms with Gasteiger partial charge >= 0.3 is 0 Å². The monoisotopic (exact) mass is 699 g/mol. The number of nitrogens with one attached hydrogen (secondary N) is 3. The second-order valence-electron chi connectivity index (χ2n) is 13.2. The van der Waals surface area contributed by atoms with E-state index in [4.69, 9.17) is 12.6 Å². The van der Waals surface area contributed by atoms with Gasteiger partial charge in [-0.2, -0.15) is 12.6 Å². The fraction of sp³-hybridized carbons (Fsp3) is 0.529. The highest BCUT2D eigenvalue weighted by Crippen LogP contribution is 2.36. The third-order valence-corrected chi connectivity index (χ3v) is 9.15. The van der Waals surface area contributed by atoms with Crippen molar-refractivity contribution >= 4 is 40.9 Å². The van der Waals surface area contributed by atoms with Crippen LogP contribution in [0.2, 0.25) is 0 Å². The van der Waals surface area contributed by atoms with E-state index in [1.165, 1.54) is 22.3 Å². The molecule has 3 aromatic rings. The minimum atomic E-state index is -0.410. The lowest BCUT2D eigenvalue weighted by atomic mass is 10.00. The van der Waals surface area contributed by atoms with Gasteiger partial charge in [0.05, 0.1) is 17.3 Å². The van der Waals surface area contributed by atoms with Crippen molar-refractivity contribution in [2.24, 2.45) is 0 Å². The van der Waals surface area contributed by atoms with Crippen LogP contribution >= 0.6 is 28.6 Å². The van der Waals surface area contributed by atoms with Gasteiger partial charge in [-0.15, -0.1) is 0 Å². The number of aryl methyl sites for hydroxylation is 3. The summed E-state index contributed by atoms with van der Waals surface area (Å²) in [5.41, 5.74) is 6.61. The molecule has 0 saturated carbocycles. The average Bonchev–Trinajstić information content (AvgIpc) is 3.53. The largest absolute Gasteiger partial charge is 0.354 e. The van der Waals surface area contributed by atoms with Crippen LogP contribution in [-0.4, -0.2) is 76.6 Å². The van der Waals surface area contributed by atoms with Gasteiger partial charge in [-0.3, -0.25) is 14.6 Å². The van der Waals surface area contributed by atoms with Crippen molar-refractivity contribution in [2.75, 3.05) is 33.2 Å². The van der Waals surface area contributed by atoms with E-state index in [1.807, 2.05) is 24.0 Å². The molecule has 2 amide bonds. The minimum absolute atomic E-state index is 0.0891. The number of amides is 2. The highest BCUT2D eigenvalue weighted by molar-refractivity contribution is 9.10. The molecule has 1 saturated heterocycles. The molecule has 9 nitrogen and oxygen atoms in total. The molecule has 45 heavy (non-hydrogen) atoms. The van der Waals surface area contributed by atoms with E-state index < -0.39 is 6.04 Å². The lowest BCUT2D eigenvalue weighted by molar-refractivity contribution is -0.133. The van der Waals surface area contributed by atoms with Crippen LogP contribution in [0.1, 0.15) is 74.2 Å². The van der Waals surface area contributed by atoms with Gasteiger partial charge in [0.2, 0.25) is 12.3 Å². The van der Waals surface area contributed by atoms with Crippen LogP contribution in [0.3, 0.4) is 0 Å². The Morgan fingerprint density at radius 1 is 1.18 bits per heavy atom. The van der Waals surface area contributed by atoms with Gasteiger partial charge in [0.1, 0.15) is 6.04 Å². The molecule has 3 N–H and O–H groups in total. The molecular formula is C34H50BrN7O2S. The van der Waals surface area contributed by atoms with E-state index in [-0.39, 0.29) is 16.7 Å². The van der Waals surface area contributed by atoms with Crippen molar-refractivity contribution in [3.63, 3.8) is 0 Å². The summed E-state index contributed by atoms with van der Waals surface area (Å²) in [6, 6.07) is 8.39. The molecule has 0 radical (unpaired) electrons. The zero-order chi connectivity index (χ0) is 33.2. The molecule has 1 fully saturated rings. The summed E-state index contributed by atoms with van der Waals surface area (Å²) in [5.74, 6) is -0.101. The number of hydrogen-bond acceptors (Lipinski definition) is 7. The number of piperazine rings is 1. The van der Waals surface area contributed by atoms with Gasteiger partial charge in [0, 0.05) is 60.3 Å². The second kappa shape index (κ2) is 16.7. The lowest BCUT2D eigenvalue weighted by Crippen LogP contribution is -2.57. The standard InChI is InChI=1S/C15H14BrNS.C14H23N5O2.C5H13N/c1-9-2-5-13-10(6-9)3-4-11-7-12(16)8-17-14(11)15(13)18;1-14(2,19-8-6-16-10-19)3-4-17-13(21)12-9-15-5-7-18(12)11-20;1-5(2,3)6-4/h2,5-8,15,18H,3-4H2,1H3;6,8,10-12,15H,3-5,7,9H2,1-2H3,(H,17,21);6H,1-4H3/t;12-;/m.1./s1. The van der Waals surface area contributed by atoms with E-state index in [1.54, 1.807) is 17.4 Å². The van der Waals surface area contributed by atoms with Gasteiger partial charge in [0.15, 0.2) is 0 Å². The van der Waals surface area contributed by atoms with Gasteiger partial charge in [-0.05, 0) is 107 Å². The first kappa shape index (κ1) is 36.7. The lowest BCUT2D eigenvalue weighted by Gasteiger charge is -2.32. The van der Waals surface area contributed by atoms with Crippen LogP contribution < -0.4 is 16.0 Å². The number of hydrogen-bond donors (Lipinski definition) is 4. The number of carbonyl (C=O) groups excluding carboxylic acids is 2. The van der Waals surface area contributed by atoms with Crippen LogP contribution in [0.5, 0.6) is 0 Å². The molecule has 1 aromatic carbocycles. The number of nitrogens with zero attached hydrogens (tertiary/aromatic N) is 4. The van der Waals surface area contributed by atoms with Gasteiger partial charge in [0.25, 0.3) is 0 Å². The van der Waals surface area contributed by atoms with Gasteiger partial charge < -0.3 is 25.4 Å². The number of pyridine rings is 1. The highest BCUT2D eigenvalue weighted by atomic mass is 79.9. The van der Waals surface area contributed by atoms with Crippen molar-refractivity contribution in [1.82, 2.24) is 35.4 Å². The van der Waals surface area contributed by atoms with Crippen molar-refractivity contribution in [1.29, 1.82) is 0 Å². The first-order valence-electron chi connectivity index (χ1n) is 15.5. The van der Waals surface area contributed by atoms with Gasteiger partial charge in [-0.25, -0.2) is 4.98 Å². The molecule has 11 heteroatoms. The van der Waals surface area contributed by atoms with Crippen molar-refractivity contribution in [2.45, 2.75) is 83.2 Å². The van der Waals surface area contributed by atoms with E-state index >= 15 is 0 Å². The molecule has 2 aromatic heterocycles. The molecule has 1 aliphatic heterocycles. The number of halogens is 1. The Bertz CT molecular complexity index is 1340. The summed E-state index contributed by atoms with van der Waals surface area (Å²) in [4.78, 5) is 33.3. The fourth-order valence-corrected chi connectivity index (χ4v) is 5.88. The summed E-state index contributed by atoms with van der Waals surface area (Å²) < 4.78 is 3.07. The third-order valence-electron chi connectivity index (χ3n) is 8.20. The Hall–Kier alpha value is -2.73. The Morgan fingerprint density at radius 2 is 1.89 bits per heavy atom. The van der Waals surface area contributed by atoms with Crippen LogP contribution in [0.4, 0.5) is 0 Å². The SMILES string of the molecule is CC(C)(CCNC(=O)[C@H]1CNCCN1C=O)n1ccnc1.CNC(C)(C)C.Cc1ccc2c(c1)CCc1cc(Br)cnc1C2S. The number of fused-ring (bicyclic) bond motifs is 2. The minimum Gasteiger partial charge on any atom is -0.354 e. The van der Waals surface area contributed by atoms with E-state index in [2.05, 4.69) is 108 Å². The zero-order valence-corrected chi connectivity index (χ0v) is 30.2. The quantitative estimate of drug-likeness (QED) is 0.217. The molecule has 2 aliphatic rings. The fourth-order valence-electron chi connectivity index (χ4n) is 5.02. The molecule has 3 heterocycles. The molecule has 2 atom stereocenters. The highest BCUT2D eigenvalue weighted by Gasteiger charge is 2.28. The van der Waals surface area contributed by atoms with Crippen LogP contribution in [-0.2, 0) is 28.0 Å². The Balaban J connectivity index is 0.000000210.